The summed E-state index contributed by atoms with van der Waals surface area (Å²) in [7, 11) is 0. The third kappa shape index (κ3) is 3.78. The highest BCUT2D eigenvalue weighted by atomic mass is 16.5. The van der Waals surface area contributed by atoms with Crippen LogP contribution in [0.3, 0.4) is 0 Å². The van der Waals surface area contributed by atoms with Gasteiger partial charge in [-0.15, -0.1) is 0 Å². The number of aliphatic imine (C=N–C) groups is 1. The molecule has 0 spiro atoms. The zero-order valence-electron chi connectivity index (χ0n) is 10.2. The standard InChI is InChI=1S/C13H23NO/c1-4-8-14-13(11(3)5-2)12-6-9-15-10-7-12/h4,8,11-12H,5-7,9-10H2,1-3H3/b8-4-,14-13+. The summed E-state index contributed by atoms with van der Waals surface area (Å²) in [5.41, 5.74) is 1.37. The number of hydrogen-bond donors (Lipinski definition) is 0. The van der Waals surface area contributed by atoms with Crippen LogP contribution in [-0.2, 0) is 4.74 Å². The highest BCUT2D eigenvalue weighted by Crippen LogP contribution is 2.22. The Hall–Kier alpha value is -0.630. The van der Waals surface area contributed by atoms with E-state index < -0.39 is 0 Å². The molecule has 1 atom stereocenters. The van der Waals surface area contributed by atoms with Crippen LogP contribution in [0.25, 0.3) is 0 Å². The minimum Gasteiger partial charge on any atom is -0.381 e. The lowest BCUT2D eigenvalue weighted by atomic mass is 9.86. The maximum absolute atomic E-state index is 5.39. The summed E-state index contributed by atoms with van der Waals surface area (Å²) in [6, 6.07) is 0. The summed E-state index contributed by atoms with van der Waals surface area (Å²) in [4.78, 5) is 4.62. The first-order valence-electron chi connectivity index (χ1n) is 6.06. The molecule has 1 aliphatic heterocycles. The summed E-state index contributed by atoms with van der Waals surface area (Å²) in [6.45, 7) is 8.32. The molecule has 2 heteroatoms. The van der Waals surface area contributed by atoms with Crippen LogP contribution in [0.5, 0.6) is 0 Å². The number of hydrogen-bond acceptors (Lipinski definition) is 2. The highest BCUT2D eigenvalue weighted by Gasteiger charge is 2.22. The summed E-state index contributed by atoms with van der Waals surface area (Å²) in [5, 5.41) is 0. The summed E-state index contributed by atoms with van der Waals surface area (Å²) in [6.07, 6.45) is 7.38. The summed E-state index contributed by atoms with van der Waals surface area (Å²) >= 11 is 0. The molecular weight excluding hydrogens is 186 g/mol. The minimum atomic E-state index is 0.601. The SMILES string of the molecule is C/C=C\N=C(/C(C)CC)C1CCOCC1. The Kier molecular flexibility index (Phi) is 5.62. The fourth-order valence-corrected chi connectivity index (χ4v) is 2.00. The van der Waals surface area contributed by atoms with Gasteiger partial charge in [0.05, 0.1) is 0 Å². The molecule has 0 aromatic rings. The van der Waals surface area contributed by atoms with Crippen LogP contribution in [-0.4, -0.2) is 18.9 Å². The molecule has 2 nitrogen and oxygen atoms in total. The molecule has 1 unspecified atom stereocenters. The van der Waals surface area contributed by atoms with E-state index in [4.69, 9.17) is 4.74 Å². The van der Waals surface area contributed by atoms with Crippen molar-refractivity contribution in [2.24, 2.45) is 16.8 Å². The summed E-state index contributed by atoms with van der Waals surface area (Å²) < 4.78 is 5.39. The smallest absolute Gasteiger partial charge is 0.0472 e. The van der Waals surface area contributed by atoms with Crippen molar-refractivity contribution in [1.82, 2.24) is 0 Å². The molecule has 0 saturated carbocycles. The van der Waals surface area contributed by atoms with E-state index in [1.807, 2.05) is 19.2 Å². The fraction of sp³-hybridized carbons (Fsp3) is 0.769. The molecule has 0 aromatic carbocycles. The third-order valence-electron chi connectivity index (χ3n) is 3.13. The number of rotatable bonds is 4. The van der Waals surface area contributed by atoms with Gasteiger partial charge >= 0.3 is 0 Å². The molecule has 0 aliphatic carbocycles. The van der Waals surface area contributed by atoms with E-state index in [-0.39, 0.29) is 0 Å². The second kappa shape index (κ2) is 6.78. The van der Waals surface area contributed by atoms with Crippen LogP contribution in [0.15, 0.2) is 17.3 Å². The van der Waals surface area contributed by atoms with Crippen molar-refractivity contribution in [3.63, 3.8) is 0 Å². The van der Waals surface area contributed by atoms with Gasteiger partial charge in [0.1, 0.15) is 0 Å². The lowest BCUT2D eigenvalue weighted by Gasteiger charge is -2.26. The Labute approximate surface area is 93.4 Å². The van der Waals surface area contributed by atoms with Crippen LogP contribution in [0.2, 0.25) is 0 Å². The van der Waals surface area contributed by atoms with Gasteiger partial charge in [-0.1, -0.05) is 19.9 Å². The van der Waals surface area contributed by atoms with Crippen LogP contribution in [0, 0.1) is 11.8 Å². The van der Waals surface area contributed by atoms with Crippen molar-refractivity contribution in [2.45, 2.75) is 40.0 Å². The van der Waals surface area contributed by atoms with Crippen LogP contribution >= 0.6 is 0 Å². The normalized spacial score (nSPS) is 22.2. The maximum atomic E-state index is 5.39. The van der Waals surface area contributed by atoms with E-state index >= 15 is 0 Å². The molecule has 0 N–H and O–H groups in total. The first kappa shape index (κ1) is 12.4. The van der Waals surface area contributed by atoms with Gasteiger partial charge in [0.15, 0.2) is 0 Å². The lowest BCUT2D eigenvalue weighted by Crippen LogP contribution is -2.27. The molecule has 1 saturated heterocycles. The Morgan fingerprint density at radius 2 is 2.13 bits per heavy atom. The molecule has 1 rings (SSSR count). The number of allylic oxidation sites excluding steroid dienone is 1. The molecule has 1 heterocycles. The first-order chi connectivity index (χ1) is 7.29. The van der Waals surface area contributed by atoms with Crippen molar-refractivity contribution in [2.75, 3.05) is 13.2 Å². The van der Waals surface area contributed by atoms with Gasteiger partial charge in [-0.05, 0) is 32.1 Å². The monoisotopic (exact) mass is 209 g/mol. The Bertz CT molecular complexity index is 227. The first-order valence-corrected chi connectivity index (χ1v) is 6.06. The van der Waals surface area contributed by atoms with Crippen molar-refractivity contribution in [3.8, 4) is 0 Å². The minimum absolute atomic E-state index is 0.601. The van der Waals surface area contributed by atoms with Crippen molar-refractivity contribution < 1.29 is 4.74 Å². The molecular formula is C13H23NO. The lowest BCUT2D eigenvalue weighted by molar-refractivity contribution is 0.0818. The number of ether oxygens (including phenoxy) is 1. The van der Waals surface area contributed by atoms with Gasteiger partial charge in [-0.3, -0.25) is 4.99 Å². The predicted octanol–water partition coefficient (Wildman–Crippen LogP) is 3.43. The maximum Gasteiger partial charge on any atom is 0.0472 e. The van der Waals surface area contributed by atoms with Crippen molar-refractivity contribution >= 4 is 5.71 Å². The molecule has 86 valence electrons. The average molecular weight is 209 g/mol. The zero-order chi connectivity index (χ0) is 11.1. The van der Waals surface area contributed by atoms with E-state index in [9.17, 15) is 0 Å². The quantitative estimate of drug-likeness (QED) is 0.650. The second-order valence-electron chi connectivity index (χ2n) is 4.23. The molecule has 0 bridgehead atoms. The molecule has 15 heavy (non-hydrogen) atoms. The molecule has 0 aromatic heterocycles. The van der Waals surface area contributed by atoms with Crippen molar-refractivity contribution in [1.29, 1.82) is 0 Å². The van der Waals surface area contributed by atoms with E-state index in [1.54, 1.807) is 0 Å². The van der Waals surface area contributed by atoms with Gasteiger partial charge in [-0.2, -0.15) is 0 Å². The fourth-order valence-electron chi connectivity index (χ4n) is 2.00. The molecule has 1 aliphatic rings. The van der Waals surface area contributed by atoms with Crippen LogP contribution in [0.4, 0.5) is 0 Å². The van der Waals surface area contributed by atoms with Gasteiger partial charge in [0.2, 0.25) is 0 Å². The van der Waals surface area contributed by atoms with Gasteiger partial charge < -0.3 is 4.74 Å². The van der Waals surface area contributed by atoms with E-state index in [0.29, 0.717) is 11.8 Å². The third-order valence-corrected chi connectivity index (χ3v) is 3.13. The Morgan fingerprint density at radius 1 is 1.47 bits per heavy atom. The van der Waals surface area contributed by atoms with E-state index in [0.717, 1.165) is 26.1 Å². The molecule has 1 fully saturated rings. The molecule has 0 radical (unpaired) electrons. The average Bonchev–Trinajstić information content (AvgIpc) is 2.30. The van der Waals surface area contributed by atoms with E-state index in [1.165, 1.54) is 12.1 Å². The van der Waals surface area contributed by atoms with Crippen molar-refractivity contribution in [3.05, 3.63) is 12.3 Å². The topological polar surface area (TPSA) is 21.6 Å². The second-order valence-corrected chi connectivity index (χ2v) is 4.23. The van der Waals surface area contributed by atoms with Crippen LogP contribution in [0.1, 0.15) is 40.0 Å². The largest absolute Gasteiger partial charge is 0.381 e. The van der Waals surface area contributed by atoms with Gasteiger partial charge in [0.25, 0.3) is 0 Å². The molecule has 0 amide bonds. The Balaban J connectivity index is 2.69. The summed E-state index contributed by atoms with van der Waals surface area (Å²) in [5.74, 6) is 1.24. The van der Waals surface area contributed by atoms with E-state index in [2.05, 4.69) is 18.8 Å². The predicted molar refractivity (Wildman–Crippen MR) is 65.2 cm³/mol. The van der Waals surface area contributed by atoms with Gasteiger partial charge in [0, 0.05) is 31.0 Å². The highest BCUT2D eigenvalue weighted by molar-refractivity contribution is 5.89. The van der Waals surface area contributed by atoms with Gasteiger partial charge in [-0.25, -0.2) is 0 Å². The number of nitrogens with zero attached hydrogens (tertiary/aromatic N) is 1. The zero-order valence-corrected chi connectivity index (χ0v) is 10.2. The van der Waals surface area contributed by atoms with Crippen LogP contribution < -0.4 is 0 Å². The Morgan fingerprint density at radius 3 is 2.67 bits per heavy atom.